The Morgan fingerprint density at radius 3 is 2.43 bits per heavy atom. The lowest BCUT2D eigenvalue weighted by molar-refractivity contribution is 0.103. The third kappa shape index (κ3) is 4.38. The van der Waals surface area contributed by atoms with E-state index >= 15 is 0 Å². The SMILES string of the molecule is CCOc1ccc(C(=O)c2c(Cl)cc(Cl)cc2Cl)cc1Cc1ccn[nH]c1=O. The average Bonchev–Trinajstić information content (AvgIpc) is 2.64. The minimum absolute atomic E-state index is 0.170. The molecule has 0 aliphatic rings. The number of benzene rings is 2. The summed E-state index contributed by atoms with van der Waals surface area (Å²) in [5.74, 6) is 0.239. The molecular formula is C20H15Cl3N2O3. The number of ether oxygens (including phenoxy) is 1. The van der Waals surface area contributed by atoms with Crippen LogP contribution in [-0.4, -0.2) is 22.6 Å². The van der Waals surface area contributed by atoms with Gasteiger partial charge in [0.25, 0.3) is 5.56 Å². The van der Waals surface area contributed by atoms with Crippen molar-refractivity contribution in [1.82, 2.24) is 10.2 Å². The third-order valence-corrected chi connectivity index (χ3v) is 4.86. The number of aromatic amines is 1. The van der Waals surface area contributed by atoms with Gasteiger partial charge in [-0.15, -0.1) is 0 Å². The highest BCUT2D eigenvalue weighted by molar-refractivity contribution is 6.43. The van der Waals surface area contributed by atoms with E-state index in [1.807, 2.05) is 6.92 Å². The van der Waals surface area contributed by atoms with E-state index in [1.54, 1.807) is 24.3 Å². The molecule has 1 aromatic heterocycles. The number of carbonyl (C=O) groups is 1. The maximum Gasteiger partial charge on any atom is 0.267 e. The van der Waals surface area contributed by atoms with Gasteiger partial charge in [-0.3, -0.25) is 9.59 Å². The second kappa shape index (κ2) is 8.78. The predicted octanol–water partition coefficient (Wildman–Crippen LogP) is 4.95. The minimum Gasteiger partial charge on any atom is -0.494 e. The maximum absolute atomic E-state index is 13.0. The van der Waals surface area contributed by atoms with E-state index < -0.39 is 0 Å². The zero-order chi connectivity index (χ0) is 20.3. The minimum atomic E-state index is -0.348. The van der Waals surface area contributed by atoms with Gasteiger partial charge in [-0.05, 0) is 48.9 Å². The number of H-pyrrole nitrogens is 1. The summed E-state index contributed by atoms with van der Waals surface area (Å²) < 4.78 is 5.64. The van der Waals surface area contributed by atoms with E-state index in [0.717, 1.165) is 0 Å². The van der Waals surface area contributed by atoms with Gasteiger partial charge >= 0.3 is 0 Å². The van der Waals surface area contributed by atoms with Crippen LogP contribution in [0.5, 0.6) is 5.75 Å². The van der Waals surface area contributed by atoms with Crippen LogP contribution in [0.15, 0.2) is 47.4 Å². The normalized spacial score (nSPS) is 10.7. The highest BCUT2D eigenvalue weighted by Gasteiger charge is 2.19. The molecule has 0 saturated heterocycles. The summed E-state index contributed by atoms with van der Waals surface area (Å²) >= 11 is 18.3. The van der Waals surface area contributed by atoms with Crippen LogP contribution >= 0.6 is 34.8 Å². The number of halogens is 3. The van der Waals surface area contributed by atoms with Crippen molar-refractivity contribution in [2.75, 3.05) is 6.61 Å². The summed E-state index contributed by atoms with van der Waals surface area (Å²) in [4.78, 5) is 25.0. The average molecular weight is 438 g/mol. The fraction of sp³-hybridized carbons (Fsp3) is 0.150. The molecule has 1 heterocycles. The van der Waals surface area contributed by atoms with E-state index in [9.17, 15) is 9.59 Å². The number of aromatic nitrogens is 2. The van der Waals surface area contributed by atoms with Gasteiger partial charge in [0, 0.05) is 28.8 Å². The molecule has 144 valence electrons. The molecule has 3 aromatic rings. The van der Waals surface area contributed by atoms with Gasteiger partial charge < -0.3 is 4.74 Å². The van der Waals surface area contributed by atoms with Crippen LogP contribution in [0.1, 0.15) is 34.0 Å². The number of hydrogen-bond acceptors (Lipinski definition) is 4. The monoisotopic (exact) mass is 436 g/mol. The first-order chi connectivity index (χ1) is 13.4. The van der Waals surface area contributed by atoms with Gasteiger partial charge in [-0.1, -0.05) is 34.8 Å². The summed E-state index contributed by atoms with van der Waals surface area (Å²) in [6, 6.07) is 9.56. The lowest BCUT2D eigenvalue weighted by Crippen LogP contribution is -2.14. The Labute approximate surface area is 176 Å². The molecular weight excluding hydrogens is 423 g/mol. The van der Waals surface area contributed by atoms with Crippen molar-refractivity contribution >= 4 is 40.6 Å². The van der Waals surface area contributed by atoms with Crippen molar-refractivity contribution in [3.05, 3.63) is 90.3 Å². The number of nitrogens with zero attached hydrogens (tertiary/aromatic N) is 1. The number of rotatable bonds is 6. The second-order valence-electron chi connectivity index (χ2n) is 5.92. The van der Waals surface area contributed by atoms with Crippen LogP contribution in [0, 0.1) is 0 Å². The molecule has 2 aromatic carbocycles. The van der Waals surface area contributed by atoms with Crippen LogP contribution in [0.25, 0.3) is 0 Å². The molecule has 0 radical (unpaired) electrons. The Kier molecular flexibility index (Phi) is 6.39. The number of ketones is 1. The van der Waals surface area contributed by atoms with Crippen molar-refractivity contribution in [1.29, 1.82) is 0 Å². The molecule has 0 amide bonds. The highest BCUT2D eigenvalue weighted by Crippen LogP contribution is 2.32. The summed E-state index contributed by atoms with van der Waals surface area (Å²) in [7, 11) is 0. The van der Waals surface area contributed by atoms with Crippen molar-refractivity contribution in [2.24, 2.45) is 0 Å². The molecule has 1 N–H and O–H groups in total. The molecule has 8 heteroatoms. The van der Waals surface area contributed by atoms with Crippen LogP contribution < -0.4 is 10.3 Å². The molecule has 0 fully saturated rings. The number of nitrogens with one attached hydrogen (secondary N) is 1. The quantitative estimate of drug-likeness (QED) is 0.554. The topological polar surface area (TPSA) is 72.0 Å². The standard InChI is InChI=1S/C20H15Cl3N2O3/c1-2-28-17-4-3-11(7-13(17)8-12-5-6-24-25-20(12)27)19(26)18-15(22)9-14(21)10-16(18)23/h3-7,9-10H,2,8H2,1H3,(H,25,27). The van der Waals surface area contributed by atoms with E-state index in [4.69, 9.17) is 39.5 Å². The predicted molar refractivity (Wildman–Crippen MR) is 110 cm³/mol. The van der Waals surface area contributed by atoms with Crippen LogP contribution in [-0.2, 0) is 6.42 Å². The summed E-state index contributed by atoms with van der Waals surface area (Å²) in [5.41, 5.74) is 1.43. The molecule has 0 saturated carbocycles. The Bertz CT molecular complexity index is 1070. The molecule has 0 unspecified atom stereocenters. The summed E-state index contributed by atoms with van der Waals surface area (Å²) in [6.45, 7) is 2.30. The van der Waals surface area contributed by atoms with E-state index in [-0.39, 0.29) is 33.4 Å². The lowest BCUT2D eigenvalue weighted by Gasteiger charge is -2.13. The Morgan fingerprint density at radius 1 is 1.07 bits per heavy atom. The molecule has 0 atom stereocenters. The number of carbonyl (C=O) groups excluding carboxylic acids is 1. The van der Waals surface area contributed by atoms with Crippen molar-refractivity contribution < 1.29 is 9.53 Å². The fourth-order valence-electron chi connectivity index (χ4n) is 2.77. The summed E-state index contributed by atoms with van der Waals surface area (Å²) in [6.07, 6.45) is 1.77. The largest absolute Gasteiger partial charge is 0.494 e. The van der Waals surface area contributed by atoms with Gasteiger partial charge in [0.15, 0.2) is 5.78 Å². The van der Waals surface area contributed by atoms with E-state index in [2.05, 4.69) is 10.2 Å². The van der Waals surface area contributed by atoms with Crippen molar-refractivity contribution in [3.8, 4) is 5.75 Å². The van der Waals surface area contributed by atoms with Crippen molar-refractivity contribution in [3.63, 3.8) is 0 Å². The molecule has 0 aliphatic carbocycles. The smallest absolute Gasteiger partial charge is 0.267 e. The lowest BCUT2D eigenvalue weighted by atomic mass is 9.98. The van der Waals surface area contributed by atoms with E-state index in [1.165, 1.54) is 18.3 Å². The second-order valence-corrected chi connectivity index (χ2v) is 7.17. The molecule has 5 nitrogen and oxygen atoms in total. The third-order valence-electron chi connectivity index (χ3n) is 4.05. The van der Waals surface area contributed by atoms with Crippen molar-refractivity contribution in [2.45, 2.75) is 13.3 Å². The molecule has 3 rings (SSSR count). The fourth-order valence-corrected chi connectivity index (χ4v) is 3.76. The first-order valence-corrected chi connectivity index (χ1v) is 9.51. The Hall–Kier alpha value is -2.34. The summed E-state index contributed by atoms with van der Waals surface area (Å²) in [5, 5.41) is 6.77. The Morgan fingerprint density at radius 2 is 1.79 bits per heavy atom. The van der Waals surface area contributed by atoms with E-state index in [0.29, 0.717) is 34.1 Å². The zero-order valence-corrected chi connectivity index (χ0v) is 17.0. The highest BCUT2D eigenvalue weighted by atomic mass is 35.5. The van der Waals surface area contributed by atoms with Gasteiger partial charge in [-0.25, -0.2) is 5.10 Å². The maximum atomic E-state index is 13.0. The molecule has 0 bridgehead atoms. The molecule has 0 aliphatic heterocycles. The van der Waals surface area contributed by atoms with Gasteiger partial charge in [0.2, 0.25) is 0 Å². The molecule has 28 heavy (non-hydrogen) atoms. The zero-order valence-electron chi connectivity index (χ0n) is 14.8. The van der Waals surface area contributed by atoms with Gasteiger partial charge in [-0.2, -0.15) is 5.10 Å². The van der Waals surface area contributed by atoms with Crippen LogP contribution in [0.2, 0.25) is 15.1 Å². The van der Waals surface area contributed by atoms with Gasteiger partial charge in [0.1, 0.15) is 5.75 Å². The number of hydrogen-bond donors (Lipinski definition) is 1. The van der Waals surface area contributed by atoms with Crippen LogP contribution in [0.3, 0.4) is 0 Å². The first-order valence-electron chi connectivity index (χ1n) is 8.38. The molecule has 0 spiro atoms. The Balaban J connectivity index is 2.05. The first kappa shape index (κ1) is 20.4. The van der Waals surface area contributed by atoms with Gasteiger partial charge in [0.05, 0.1) is 22.2 Å². The van der Waals surface area contributed by atoms with Crippen LogP contribution in [0.4, 0.5) is 0 Å².